The van der Waals surface area contributed by atoms with Crippen molar-refractivity contribution >= 4 is 43.8 Å². The first-order valence-electron chi connectivity index (χ1n) is 8.06. The number of nitrogens with one attached hydrogen (secondary N) is 1. The number of anilines is 2. The first kappa shape index (κ1) is 18.9. The highest BCUT2D eigenvalue weighted by molar-refractivity contribution is 7.89. The van der Waals surface area contributed by atoms with Crippen LogP contribution in [-0.2, 0) is 10.0 Å². The summed E-state index contributed by atoms with van der Waals surface area (Å²) < 4.78 is 36.9. The monoisotopic (exact) mass is 412 g/mol. The molecule has 0 amide bonds. The average Bonchev–Trinajstić information content (AvgIpc) is 3.27. The zero-order valence-electron chi connectivity index (χ0n) is 14.0. The van der Waals surface area contributed by atoms with Gasteiger partial charge in [-0.2, -0.15) is 13.9 Å². The largest absolute Gasteiger partial charge is 0.492 e. The Balaban J connectivity index is 2.00. The van der Waals surface area contributed by atoms with Gasteiger partial charge in [-0.15, -0.1) is 0 Å². The molecule has 2 aromatic rings. The van der Waals surface area contributed by atoms with Crippen LogP contribution in [0.4, 0.5) is 10.7 Å². The van der Waals surface area contributed by atoms with Crippen LogP contribution in [0, 0.1) is 11.3 Å². The van der Waals surface area contributed by atoms with Crippen LogP contribution in [-0.4, -0.2) is 36.8 Å². The van der Waals surface area contributed by atoms with Crippen LogP contribution < -0.4 is 10.1 Å². The van der Waals surface area contributed by atoms with E-state index in [2.05, 4.69) is 9.69 Å². The summed E-state index contributed by atoms with van der Waals surface area (Å²) in [6.45, 7) is 3.18. The van der Waals surface area contributed by atoms with Crippen molar-refractivity contribution in [2.75, 3.05) is 25.0 Å². The molecule has 0 bridgehead atoms. The second-order valence-electron chi connectivity index (χ2n) is 5.62. The number of rotatable bonds is 6. The Morgan fingerprint density at radius 1 is 1.42 bits per heavy atom. The highest BCUT2D eigenvalue weighted by atomic mass is 35.5. The molecule has 1 aromatic heterocycles. The fourth-order valence-electron chi connectivity index (χ4n) is 2.71. The number of hydrogen-bond donors (Lipinski definition) is 1. The second kappa shape index (κ2) is 7.80. The minimum Gasteiger partial charge on any atom is -0.492 e. The Bertz CT molecular complexity index is 947. The molecule has 1 fully saturated rings. The van der Waals surface area contributed by atoms with Crippen molar-refractivity contribution in [1.29, 1.82) is 5.26 Å². The molecule has 7 nitrogen and oxygen atoms in total. The van der Waals surface area contributed by atoms with Crippen LogP contribution in [0.3, 0.4) is 0 Å². The molecule has 2 heterocycles. The third kappa shape index (κ3) is 3.64. The number of hydrogen-bond acceptors (Lipinski definition) is 7. The van der Waals surface area contributed by atoms with E-state index in [1.54, 1.807) is 19.1 Å². The van der Waals surface area contributed by atoms with E-state index in [0.29, 0.717) is 36.1 Å². The maximum absolute atomic E-state index is 13.0. The zero-order chi connectivity index (χ0) is 18.7. The van der Waals surface area contributed by atoms with Crippen molar-refractivity contribution in [3.8, 4) is 11.8 Å². The molecule has 0 aliphatic carbocycles. The first-order valence-corrected chi connectivity index (χ1v) is 10.7. The van der Waals surface area contributed by atoms with Crippen molar-refractivity contribution in [2.45, 2.75) is 24.7 Å². The SMILES string of the molecule is CCOc1ccc(Nc2snc(Cl)c2C#N)cc1S(=O)(=O)N1CCCC1. The van der Waals surface area contributed by atoms with Crippen molar-refractivity contribution in [2.24, 2.45) is 0 Å². The van der Waals surface area contributed by atoms with E-state index < -0.39 is 10.0 Å². The summed E-state index contributed by atoms with van der Waals surface area (Å²) in [5.74, 6) is 0.313. The third-order valence-electron chi connectivity index (χ3n) is 3.95. The molecule has 10 heteroatoms. The van der Waals surface area contributed by atoms with Gasteiger partial charge in [0.2, 0.25) is 10.0 Å². The maximum Gasteiger partial charge on any atom is 0.246 e. The van der Waals surface area contributed by atoms with Gasteiger partial charge in [-0.05, 0) is 49.5 Å². The lowest BCUT2D eigenvalue weighted by Crippen LogP contribution is -2.28. The number of nitrogens with zero attached hydrogens (tertiary/aromatic N) is 3. The van der Waals surface area contributed by atoms with E-state index in [4.69, 9.17) is 16.3 Å². The van der Waals surface area contributed by atoms with Gasteiger partial charge >= 0.3 is 0 Å². The molecule has 0 saturated carbocycles. The van der Waals surface area contributed by atoms with E-state index in [-0.39, 0.29) is 15.6 Å². The quantitative estimate of drug-likeness (QED) is 0.778. The topological polar surface area (TPSA) is 95.3 Å². The molecule has 1 N–H and O–H groups in total. The second-order valence-corrected chi connectivity index (χ2v) is 8.66. The lowest BCUT2D eigenvalue weighted by molar-refractivity contribution is 0.330. The van der Waals surface area contributed by atoms with Gasteiger partial charge in [0.1, 0.15) is 27.3 Å². The van der Waals surface area contributed by atoms with Gasteiger partial charge < -0.3 is 10.1 Å². The van der Waals surface area contributed by atoms with E-state index in [1.807, 2.05) is 6.07 Å². The highest BCUT2D eigenvalue weighted by Gasteiger charge is 2.30. The fourth-order valence-corrected chi connectivity index (χ4v) is 5.34. The molecule has 138 valence electrons. The highest BCUT2D eigenvalue weighted by Crippen LogP contribution is 2.35. The predicted octanol–water partition coefficient (Wildman–Crippen LogP) is 3.59. The Labute approximate surface area is 161 Å². The van der Waals surface area contributed by atoms with Crippen molar-refractivity contribution in [3.05, 3.63) is 28.9 Å². The molecule has 1 aliphatic rings. The number of sulfonamides is 1. The molecule has 1 aromatic carbocycles. The van der Waals surface area contributed by atoms with Crippen LogP contribution in [0.2, 0.25) is 5.15 Å². The summed E-state index contributed by atoms with van der Waals surface area (Å²) in [5, 5.41) is 12.8. The summed E-state index contributed by atoms with van der Waals surface area (Å²) >= 11 is 6.92. The van der Waals surface area contributed by atoms with E-state index >= 15 is 0 Å². The van der Waals surface area contributed by atoms with Crippen molar-refractivity contribution < 1.29 is 13.2 Å². The third-order valence-corrected chi connectivity index (χ3v) is 7.00. The molecule has 1 saturated heterocycles. The fraction of sp³-hybridized carbons (Fsp3) is 0.375. The van der Waals surface area contributed by atoms with Crippen LogP contribution in [0.15, 0.2) is 23.1 Å². The van der Waals surface area contributed by atoms with Gasteiger partial charge in [0.15, 0.2) is 5.15 Å². The summed E-state index contributed by atoms with van der Waals surface area (Å²) in [6, 6.07) is 6.82. The van der Waals surface area contributed by atoms with Gasteiger partial charge in [-0.1, -0.05) is 11.6 Å². The van der Waals surface area contributed by atoms with Crippen LogP contribution >= 0.6 is 23.1 Å². The summed E-state index contributed by atoms with van der Waals surface area (Å²) in [4.78, 5) is 0.111. The van der Waals surface area contributed by atoms with Crippen LogP contribution in [0.25, 0.3) is 0 Å². The number of ether oxygens (including phenoxy) is 1. The summed E-state index contributed by atoms with van der Waals surface area (Å²) in [6.07, 6.45) is 1.71. The molecule has 1 aliphatic heterocycles. The van der Waals surface area contributed by atoms with Crippen LogP contribution in [0.5, 0.6) is 5.75 Å². The molecular formula is C16H17ClN4O3S2. The van der Waals surface area contributed by atoms with Crippen LogP contribution in [0.1, 0.15) is 25.3 Å². The van der Waals surface area contributed by atoms with E-state index in [1.165, 1.54) is 10.4 Å². The van der Waals surface area contributed by atoms with E-state index in [9.17, 15) is 13.7 Å². The predicted molar refractivity (Wildman–Crippen MR) is 101 cm³/mol. The average molecular weight is 413 g/mol. The first-order chi connectivity index (χ1) is 12.5. The Hall–Kier alpha value is -1.86. The lowest BCUT2D eigenvalue weighted by atomic mass is 10.3. The Morgan fingerprint density at radius 2 is 2.15 bits per heavy atom. The van der Waals surface area contributed by atoms with E-state index in [0.717, 1.165) is 24.4 Å². The molecule has 0 unspecified atom stereocenters. The molecular weight excluding hydrogens is 396 g/mol. The number of halogens is 1. The van der Waals surface area contributed by atoms with Crippen molar-refractivity contribution in [3.63, 3.8) is 0 Å². The Kier molecular flexibility index (Phi) is 5.67. The van der Waals surface area contributed by atoms with Gasteiger partial charge in [-0.25, -0.2) is 8.42 Å². The zero-order valence-corrected chi connectivity index (χ0v) is 16.4. The summed E-state index contributed by atoms with van der Waals surface area (Å²) in [7, 11) is -3.65. The van der Waals surface area contributed by atoms with Gasteiger partial charge in [-0.3, -0.25) is 0 Å². The Morgan fingerprint density at radius 3 is 2.81 bits per heavy atom. The molecule has 3 rings (SSSR count). The number of benzene rings is 1. The maximum atomic E-state index is 13.0. The minimum atomic E-state index is -3.65. The number of aromatic nitrogens is 1. The molecule has 26 heavy (non-hydrogen) atoms. The smallest absolute Gasteiger partial charge is 0.246 e. The normalized spacial score (nSPS) is 15.0. The standard InChI is InChI=1S/C16H17ClN4O3S2/c1-2-24-13-6-5-11(19-16-12(10-18)15(17)20-25-16)9-14(13)26(22,23)21-7-3-4-8-21/h5-6,9,19H,2-4,7-8H2,1H3. The van der Waals surface area contributed by atoms with Gasteiger partial charge in [0.25, 0.3) is 0 Å². The lowest BCUT2D eigenvalue weighted by Gasteiger charge is -2.19. The van der Waals surface area contributed by atoms with Gasteiger partial charge in [0, 0.05) is 18.8 Å². The molecule has 0 spiro atoms. The summed E-state index contributed by atoms with van der Waals surface area (Å²) in [5.41, 5.74) is 0.748. The molecule has 0 atom stereocenters. The number of nitriles is 1. The minimum absolute atomic E-state index is 0.111. The van der Waals surface area contributed by atoms with Crippen molar-refractivity contribution in [1.82, 2.24) is 8.68 Å². The molecule has 0 radical (unpaired) electrons. The van der Waals surface area contributed by atoms with Gasteiger partial charge in [0.05, 0.1) is 6.61 Å².